The fraction of sp³-hybridized carbons (Fsp3) is 0.562. The summed E-state index contributed by atoms with van der Waals surface area (Å²) in [6.45, 7) is 8.32. The van der Waals surface area contributed by atoms with Gasteiger partial charge in [0, 0.05) is 39.1 Å². The van der Waals surface area contributed by atoms with Crippen LogP contribution in [-0.4, -0.2) is 33.9 Å². The summed E-state index contributed by atoms with van der Waals surface area (Å²) in [7, 11) is -1.11. The molecular formula is C16H23Cl2NO3Si. The molecule has 1 N–H and O–H groups in total. The molecule has 0 radical (unpaired) electrons. The van der Waals surface area contributed by atoms with E-state index in [1.54, 1.807) is 12.1 Å². The van der Waals surface area contributed by atoms with E-state index in [2.05, 4.69) is 25.0 Å². The zero-order chi connectivity index (χ0) is 17.0. The van der Waals surface area contributed by atoms with Gasteiger partial charge in [-0.1, -0.05) is 42.8 Å². The first-order chi connectivity index (χ1) is 10.8. The highest BCUT2D eigenvalue weighted by molar-refractivity contribution is 6.76. The van der Waals surface area contributed by atoms with E-state index in [0.29, 0.717) is 35.4 Å². The number of ether oxygens (including phenoxy) is 2. The Balaban J connectivity index is 2.01. The molecule has 2 rings (SSSR count). The van der Waals surface area contributed by atoms with Gasteiger partial charge in [-0.15, -0.1) is 0 Å². The van der Waals surface area contributed by atoms with Crippen LogP contribution in [0.3, 0.4) is 0 Å². The normalized spacial score (nSPS) is 18.1. The summed E-state index contributed by atoms with van der Waals surface area (Å²) in [5, 5.41) is 3.73. The van der Waals surface area contributed by atoms with Crippen LogP contribution in [0.2, 0.25) is 35.7 Å². The molecule has 1 atom stereocenters. The summed E-state index contributed by atoms with van der Waals surface area (Å²) in [5.41, 5.74) is 0.784. The van der Waals surface area contributed by atoms with Crippen LogP contribution in [-0.2, 0) is 9.53 Å². The van der Waals surface area contributed by atoms with Crippen LogP contribution in [0.1, 0.15) is 17.9 Å². The molecule has 1 heterocycles. The second-order valence-corrected chi connectivity index (χ2v) is 13.4. The standard InChI is InChI=1S/C16H23Cl2NO3Si/c1-23(2,3)7-6-21-10-22-13-5-4-12(17)16(18)15(13)11-8-14(20)19-9-11/h4-5,11H,6-10H2,1-3H3,(H,19,20)/t11-/m1/s1. The third-order valence-electron chi connectivity index (χ3n) is 3.77. The van der Waals surface area contributed by atoms with Crippen molar-refractivity contribution in [3.8, 4) is 5.75 Å². The van der Waals surface area contributed by atoms with Crippen molar-refractivity contribution in [2.45, 2.75) is 38.0 Å². The van der Waals surface area contributed by atoms with Gasteiger partial charge in [0.05, 0.1) is 10.0 Å². The average Bonchev–Trinajstić information content (AvgIpc) is 2.87. The van der Waals surface area contributed by atoms with Crippen molar-refractivity contribution in [2.24, 2.45) is 0 Å². The van der Waals surface area contributed by atoms with Crippen LogP contribution >= 0.6 is 23.2 Å². The average molecular weight is 376 g/mol. The van der Waals surface area contributed by atoms with Crippen molar-refractivity contribution in [1.29, 1.82) is 0 Å². The highest BCUT2D eigenvalue weighted by Gasteiger charge is 2.28. The second-order valence-electron chi connectivity index (χ2n) is 6.96. The van der Waals surface area contributed by atoms with Crippen LogP contribution in [0.4, 0.5) is 0 Å². The van der Waals surface area contributed by atoms with E-state index in [1.807, 2.05) is 0 Å². The number of rotatable bonds is 7. The van der Waals surface area contributed by atoms with E-state index in [-0.39, 0.29) is 18.6 Å². The SMILES string of the molecule is C[Si](C)(C)CCOCOc1ccc(Cl)c(Cl)c1[C@H]1CNC(=O)C1. The van der Waals surface area contributed by atoms with Crippen molar-refractivity contribution in [3.05, 3.63) is 27.7 Å². The summed E-state index contributed by atoms with van der Waals surface area (Å²) in [6, 6.07) is 4.58. The highest BCUT2D eigenvalue weighted by atomic mass is 35.5. The predicted molar refractivity (Wildman–Crippen MR) is 96.4 cm³/mol. The van der Waals surface area contributed by atoms with Crippen LogP contribution in [0, 0.1) is 0 Å². The topological polar surface area (TPSA) is 47.6 Å². The first-order valence-corrected chi connectivity index (χ1v) is 12.2. The Hall–Kier alpha value is -0.753. The van der Waals surface area contributed by atoms with Crippen molar-refractivity contribution in [2.75, 3.05) is 19.9 Å². The number of carbonyl (C=O) groups excluding carboxylic acids is 1. The molecule has 1 amide bonds. The van der Waals surface area contributed by atoms with Gasteiger partial charge in [0.15, 0.2) is 6.79 Å². The quantitative estimate of drug-likeness (QED) is 0.439. The smallest absolute Gasteiger partial charge is 0.220 e. The van der Waals surface area contributed by atoms with E-state index in [0.717, 1.165) is 11.6 Å². The van der Waals surface area contributed by atoms with Crippen molar-refractivity contribution < 1.29 is 14.3 Å². The Labute approximate surface area is 148 Å². The van der Waals surface area contributed by atoms with Gasteiger partial charge in [-0.3, -0.25) is 4.79 Å². The lowest BCUT2D eigenvalue weighted by Crippen LogP contribution is -2.22. The fourth-order valence-electron chi connectivity index (χ4n) is 2.41. The molecule has 128 valence electrons. The predicted octanol–water partition coefficient (Wildman–Crippen LogP) is 4.29. The minimum Gasteiger partial charge on any atom is -0.467 e. The number of benzene rings is 1. The molecule has 23 heavy (non-hydrogen) atoms. The first-order valence-electron chi connectivity index (χ1n) is 7.73. The lowest BCUT2D eigenvalue weighted by atomic mass is 9.97. The Morgan fingerprint density at radius 3 is 2.65 bits per heavy atom. The number of halogens is 2. The molecule has 4 nitrogen and oxygen atoms in total. The zero-order valence-electron chi connectivity index (χ0n) is 13.7. The molecule has 0 saturated carbocycles. The molecule has 0 bridgehead atoms. The highest BCUT2D eigenvalue weighted by Crippen LogP contribution is 2.40. The van der Waals surface area contributed by atoms with Gasteiger partial charge in [0.2, 0.25) is 5.91 Å². The van der Waals surface area contributed by atoms with Crippen molar-refractivity contribution in [1.82, 2.24) is 5.32 Å². The Kier molecular flexibility index (Phi) is 6.37. The van der Waals surface area contributed by atoms with Gasteiger partial charge in [0.25, 0.3) is 0 Å². The monoisotopic (exact) mass is 375 g/mol. The molecule has 0 aliphatic carbocycles. The van der Waals surface area contributed by atoms with Crippen LogP contribution in [0.25, 0.3) is 0 Å². The summed E-state index contributed by atoms with van der Waals surface area (Å²) < 4.78 is 11.3. The third kappa shape index (κ3) is 5.38. The molecular weight excluding hydrogens is 353 g/mol. The van der Waals surface area contributed by atoms with Gasteiger partial charge < -0.3 is 14.8 Å². The molecule has 1 fully saturated rings. The van der Waals surface area contributed by atoms with E-state index in [4.69, 9.17) is 32.7 Å². The fourth-order valence-corrected chi connectivity index (χ4v) is 3.64. The molecule has 1 saturated heterocycles. The Morgan fingerprint density at radius 2 is 2.04 bits per heavy atom. The van der Waals surface area contributed by atoms with Crippen molar-refractivity contribution >= 4 is 37.2 Å². The number of hydrogen-bond donors (Lipinski definition) is 1. The number of hydrogen-bond acceptors (Lipinski definition) is 3. The van der Waals surface area contributed by atoms with Crippen LogP contribution in [0.5, 0.6) is 5.75 Å². The molecule has 0 unspecified atom stereocenters. The molecule has 1 aromatic rings. The Morgan fingerprint density at radius 1 is 1.30 bits per heavy atom. The minimum atomic E-state index is -1.11. The van der Waals surface area contributed by atoms with Crippen LogP contribution < -0.4 is 10.1 Å². The third-order valence-corrected chi connectivity index (χ3v) is 6.30. The minimum absolute atomic E-state index is 0.0170. The number of nitrogens with one attached hydrogen (secondary N) is 1. The summed E-state index contributed by atoms with van der Waals surface area (Å²) in [6.07, 6.45) is 0.396. The Bertz CT molecular complexity index is 575. The lowest BCUT2D eigenvalue weighted by molar-refractivity contribution is -0.119. The lowest BCUT2D eigenvalue weighted by Gasteiger charge is -2.19. The van der Waals surface area contributed by atoms with Gasteiger partial charge >= 0.3 is 0 Å². The van der Waals surface area contributed by atoms with Gasteiger partial charge in [-0.2, -0.15) is 0 Å². The van der Waals surface area contributed by atoms with Gasteiger partial charge in [0.1, 0.15) is 5.75 Å². The largest absolute Gasteiger partial charge is 0.467 e. The molecule has 7 heteroatoms. The molecule has 1 aromatic carbocycles. The molecule has 1 aliphatic heterocycles. The van der Waals surface area contributed by atoms with Crippen molar-refractivity contribution in [3.63, 3.8) is 0 Å². The maximum Gasteiger partial charge on any atom is 0.220 e. The second kappa shape index (κ2) is 7.88. The molecule has 0 aromatic heterocycles. The van der Waals surface area contributed by atoms with Gasteiger partial charge in [-0.05, 0) is 18.2 Å². The number of carbonyl (C=O) groups is 1. The zero-order valence-corrected chi connectivity index (χ0v) is 16.3. The summed E-state index contributed by atoms with van der Waals surface area (Å²) in [4.78, 5) is 11.5. The summed E-state index contributed by atoms with van der Waals surface area (Å²) >= 11 is 12.5. The van der Waals surface area contributed by atoms with E-state index in [1.165, 1.54) is 0 Å². The number of amides is 1. The first kappa shape index (κ1) is 18.6. The van der Waals surface area contributed by atoms with Gasteiger partial charge in [-0.25, -0.2) is 0 Å². The van der Waals surface area contributed by atoms with Crippen LogP contribution in [0.15, 0.2) is 12.1 Å². The molecule has 0 spiro atoms. The van der Waals surface area contributed by atoms with E-state index < -0.39 is 8.07 Å². The van der Waals surface area contributed by atoms with E-state index >= 15 is 0 Å². The maximum atomic E-state index is 11.5. The maximum absolute atomic E-state index is 11.5. The molecule has 1 aliphatic rings. The summed E-state index contributed by atoms with van der Waals surface area (Å²) in [5.74, 6) is 0.628. The van der Waals surface area contributed by atoms with E-state index in [9.17, 15) is 4.79 Å².